The van der Waals surface area contributed by atoms with Crippen LogP contribution in [0.1, 0.15) is 54.6 Å². The van der Waals surface area contributed by atoms with Gasteiger partial charge in [-0.3, -0.25) is 9.78 Å². The standard InChI is InChI=1S/C17H21F3N2O2/c18-17(19,20)15-8-7-11(10-21-15)16(24)22-9-3-5-13(22)12-4-1-2-6-14(12)23/h7-8,10,12-14,23H,1-6,9H2/t12-,13+,14-/m0/s1. The van der Waals surface area contributed by atoms with E-state index in [1.165, 1.54) is 6.07 Å². The highest BCUT2D eigenvalue weighted by molar-refractivity contribution is 5.94. The van der Waals surface area contributed by atoms with Crippen molar-refractivity contribution >= 4 is 5.91 Å². The molecule has 1 N–H and O–H groups in total. The minimum Gasteiger partial charge on any atom is -0.393 e. The maximum absolute atomic E-state index is 12.7. The number of carbonyl (C=O) groups excluding carboxylic acids is 1. The van der Waals surface area contributed by atoms with E-state index in [1.807, 2.05) is 0 Å². The number of aliphatic hydroxyl groups is 1. The van der Waals surface area contributed by atoms with Crippen molar-refractivity contribution in [1.29, 1.82) is 0 Å². The zero-order chi connectivity index (χ0) is 17.3. The Morgan fingerprint density at radius 1 is 1.17 bits per heavy atom. The molecule has 2 fully saturated rings. The molecule has 1 aliphatic heterocycles. The lowest BCUT2D eigenvalue weighted by Crippen LogP contribution is -2.45. The van der Waals surface area contributed by atoms with Gasteiger partial charge in [0.15, 0.2) is 0 Å². The third kappa shape index (κ3) is 3.41. The van der Waals surface area contributed by atoms with Crippen molar-refractivity contribution in [2.24, 2.45) is 5.92 Å². The van der Waals surface area contributed by atoms with Gasteiger partial charge in [-0.2, -0.15) is 13.2 Å². The summed E-state index contributed by atoms with van der Waals surface area (Å²) in [6.07, 6.45) is 1.47. The molecule has 1 aromatic rings. The molecule has 132 valence electrons. The third-order valence-electron chi connectivity index (χ3n) is 5.14. The molecule has 3 atom stereocenters. The number of rotatable bonds is 2. The maximum Gasteiger partial charge on any atom is 0.433 e. The van der Waals surface area contributed by atoms with E-state index in [4.69, 9.17) is 0 Å². The van der Waals surface area contributed by atoms with Gasteiger partial charge < -0.3 is 10.0 Å². The second-order valence-corrected chi connectivity index (χ2v) is 6.65. The maximum atomic E-state index is 12.7. The van der Waals surface area contributed by atoms with Crippen LogP contribution in [0.3, 0.4) is 0 Å². The minimum absolute atomic E-state index is 0.0323. The summed E-state index contributed by atoms with van der Waals surface area (Å²) in [6, 6.07) is 1.99. The molecule has 1 aliphatic carbocycles. The molecule has 1 saturated heterocycles. The highest BCUT2D eigenvalue weighted by Gasteiger charge is 2.39. The Morgan fingerprint density at radius 3 is 2.54 bits per heavy atom. The first-order valence-electron chi connectivity index (χ1n) is 8.40. The van der Waals surface area contributed by atoms with Crippen LogP contribution in [-0.2, 0) is 6.18 Å². The zero-order valence-electron chi connectivity index (χ0n) is 13.3. The summed E-state index contributed by atoms with van der Waals surface area (Å²) < 4.78 is 37.8. The summed E-state index contributed by atoms with van der Waals surface area (Å²) in [6.45, 7) is 0.577. The van der Waals surface area contributed by atoms with E-state index >= 15 is 0 Å². The Hall–Kier alpha value is -1.63. The summed E-state index contributed by atoms with van der Waals surface area (Å²) in [5, 5.41) is 10.3. The monoisotopic (exact) mass is 342 g/mol. The number of hydrogen-bond acceptors (Lipinski definition) is 3. The Kier molecular flexibility index (Phi) is 4.80. The number of pyridine rings is 1. The van der Waals surface area contributed by atoms with Crippen LogP contribution in [0.4, 0.5) is 13.2 Å². The molecule has 0 bridgehead atoms. The number of carbonyl (C=O) groups is 1. The molecule has 24 heavy (non-hydrogen) atoms. The van der Waals surface area contributed by atoms with Gasteiger partial charge in [0.25, 0.3) is 5.91 Å². The number of aliphatic hydroxyl groups excluding tert-OH is 1. The smallest absolute Gasteiger partial charge is 0.393 e. The number of halogens is 3. The number of amides is 1. The second-order valence-electron chi connectivity index (χ2n) is 6.65. The van der Waals surface area contributed by atoms with Crippen LogP contribution in [0, 0.1) is 5.92 Å². The minimum atomic E-state index is -4.51. The van der Waals surface area contributed by atoms with Gasteiger partial charge in [0.2, 0.25) is 0 Å². The predicted octanol–water partition coefficient (Wildman–Crippen LogP) is 3.26. The molecule has 0 spiro atoms. The Balaban J connectivity index is 1.76. The molecule has 0 radical (unpaired) electrons. The topological polar surface area (TPSA) is 53.4 Å². The fourth-order valence-electron chi connectivity index (χ4n) is 3.93. The number of aromatic nitrogens is 1. The summed E-state index contributed by atoms with van der Waals surface area (Å²) in [7, 11) is 0. The van der Waals surface area contributed by atoms with E-state index in [-0.39, 0.29) is 23.4 Å². The van der Waals surface area contributed by atoms with Crippen LogP contribution in [0.5, 0.6) is 0 Å². The molecule has 4 nitrogen and oxygen atoms in total. The van der Waals surface area contributed by atoms with Crippen LogP contribution in [-0.4, -0.2) is 39.6 Å². The van der Waals surface area contributed by atoms with E-state index < -0.39 is 18.0 Å². The van der Waals surface area contributed by atoms with Crippen molar-refractivity contribution in [1.82, 2.24) is 9.88 Å². The second kappa shape index (κ2) is 6.70. The molecular formula is C17H21F3N2O2. The van der Waals surface area contributed by atoms with E-state index in [2.05, 4.69) is 4.98 Å². The summed E-state index contributed by atoms with van der Waals surface area (Å²) in [4.78, 5) is 17.8. The first-order chi connectivity index (χ1) is 11.4. The predicted molar refractivity (Wildman–Crippen MR) is 81.3 cm³/mol. The van der Waals surface area contributed by atoms with Gasteiger partial charge in [0.05, 0.1) is 11.7 Å². The fourth-order valence-corrected chi connectivity index (χ4v) is 3.93. The lowest BCUT2D eigenvalue weighted by molar-refractivity contribution is -0.141. The highest BCUT2D eigenvalue weighted by Crippen LogP contribution is 2.35. The quantitative estimate of drug-likeness (QED) is 0.898. The van der Waals surface area contributed by atoms with Crippen molar-refractivity contribution in [2.75, 3.05) is 6.54 Å². The van der Waals surface area contributed by atoms with Gasteiger partial charge in [0, 0.05) is 24.7 Å². The molecule has 2 heterocycles. The van der Waals surface area contributed by atoms with Crippen molar-refractivity contribution in [2.45, 2.75) is 56.8 Å². The number of alkyl halides is 3. The SMILES string of the molecule is O=C(c1ccc(C(F)(F)F)nc1)N1CCC[C@@H]1[C@@H]1CCCC[C@@H]1O. The van der Waals surface area contributed by atoms with E-state index in [0.717, 1.165) is 50.8 Å². The van der Waals surface area contributed by atoms with Gasteiger partial charge in [-0.15, -0.1) is 0 Å². The summed E-state index contributed by atoms with van der Waals surface area (Å²) in [5.74, 6) is -0.232. The van der Waals surface area contributed by atoms with Crippen LogP contribution >= 0.6 is 0 Å². The van der Waals surface area contributed by atoms with Crippen molar-refractivity contribution < 1.29 is 23.1 Å². The molecule has 2 aliphatic rings. The van der Waals surface area contributed by atoms with Crippen LogP contribution in [0.15, 0.2) is 18.3 Å². The Morgan fingerprint density at radius 2 is 1.92 bits per heavy atom. The Bertz CT molecular complexity index is 588. The lowest BCUT2D eigenvalue weighted by Gasteiger charge is -2.37. The molecular weight excluding hydrogens is 321 g/mol. The summed E-state index contributed by atoms with van der Waals surface area (Å²) in [5.41, 5.74) is -0.833. The van der Waals surface area contributed by atoms with Crippen molar-refractivity contribution in [3.63, 3.8) is 0 Å². The van der Waals surface area contributed by atoms with E-state index in [1.54, 1.807) is 4.90 Å². The normalized spacial score (nSPS) is 28.2. The van der Waals surface area contributed by atoms with Gasteiger partial charge in [-0.1, -0.05) is 12.8 Å². The number of likely N-dealkylation sites (tertiary alicyclic amines) is 1. The molecule has 0 aromatic carbocycles. The van der Waals surface area contributed by atoms with Crippen LogP contribution in [0.25, 0.3) is 0 Å². The van der Waals surface area contributed by atoms with Gasteiger partial charge in [-0.05, 0) is 37.8 Å². The van der Waals surface area contributed by atoms with Crippen LogP contribution < -0.4 is 0 Å². The zero-order valence-corrected chi connectivity index (χ0v) is 13.3. The molecule has 3 rings (SSSR count). The van der Waals surface area contributed by atoms with Gasteiger partial charge >= 0.3 is 6.18 Å². The lowest BCUT2D eigenvalue weighted by atomic mass is 9.80. The first-order valence-corrected chi connectivity index (χ1v) is 8.40. The van der Waals surface area contributed by atoms with E-state index in [9.17, 15) is 23.1 Å². The van der Waals surface area contributed by atoms with Crippen molar-refractivity contribution in [3.05, 3.63) is 29.6 Å². The number of nitrogens with zero attached hydrogens (tertiary/aromatic N) is 2. The Labute approximate surface area is 138 Å². The molecule has 1 amide bonds. The van der Waals surface area contributed by atoms with Gasteiger partial charge in [0.1, 0.15) is 5.69 Å². The highest BCUT2D eigenvalue weighted by atomic mass is 19.4. The third-order valence-corrected chi connectivity index (χ3v) is 5.14. The van der Waals surface area contributed by atoms with Gasteiger partial charge in [-0.25, -0.2) is 0 Å². The molecule has 1 saturated carbocycles. The fraction of sp³-hybridized carbons (Fsp3) is 0.647. The van der Waals surface area contributed by atoms with Crippen molar-refractivity contribution in [3.8, 4) is 0 Å². The molecule has 7 heteroatoms. The van der Waals surface area contributed by atoms with E-state index in [0.29, 0.717) is 6.54 Å². The summed E-state index contributed by atoms with van der Waals surface area (Å²) >= 11 is 0. The average molecular weight is 342 g/mol. The molecule has 0 unspecified atom stereocenters. The molecule has 1 aromatic heterocycles. The largest absolute Gasteiger partial charge is 0.433 e. The average Bonchev–Trinajstić information content (AvgIpc) is 3.03. The van der Waals surface area contributed by atoms with Crippen LogP contribution in [0.2, 0.25) is 0 Å². The first kappa shape index (κ1) is 17.2. The number of hydrogen-bond donors (Lipinski definition) is 1.